The number of carbonyl (C=O) groups excluding carboxylic acids is 1. The largest absolute Gasteiger partial charge is 0.336 e. The molecule has 1 aliphatic rings. The number of hydrogen-bond acceptors (Lipinski definition) is 4. The van der Waals surface area contributed by atoms with Gasteiger partial charge in [0.05, 0.1) is 11.7 Å². The fourth-order valence-corrected chi connectivity index (χ4v) is 3.10. The van der Waals surface area contributed by atoms with Crippen LogP contribution in [-0.2, 0) is 0 Å². The smallest absolute Gasteiger partial charge is 0.317 e. The van der Waals surface area contributed by atoms with Gasteiger partial charge in [-0.15, -0.1) is 0 Å². The lowest BCUT2D eigenvalue weighted by atomic mass is 9.96. The van der Waals surface area contributed by atoms with Crippen molar-refractivity contribution >= 4 is 6.03 Å². The van der Waals surface area contributed by atoms with E-state index in [0.717, 1.165) is 18.5 Å². The minimum atomic E-state index is -0.0816. The highest BCUT2D eigenvalue weighted by Crippen LogP contribution is 2.33. The average Bonchev–Trinajstić information content (AvgIpc) is 3.02. The van der Waals surface area contributed by atoms with E-state index < -0.39 is 0 Å². The van der Waals surface area contributed by atoms with E-state index in [0.29, 0.717) is 6.54 Å². The molecule has 6 nitrogen and oxygen atoms in total. The van der Waals surface area contributed by atoms with Crippen molar-refractivity contribution in [3.05, 3.63) is 24.3 Å². The number of hydrogen-bond donors (Lipinski definition) is 1. The third-order valence-corrected chi connectivity index (χ3v) is 4.99. The zero-order valence-corrected chi connectivity index (χ0v) is 14.0. The van der Waals surface area contributed by atoms with Crippen molar-refractivity contribution in [2.75, 3.05) is 27.7 Å². The SMILES string of the molecule is C[C@H](c1ccncn1)N(C)C(=O)NCC1(N(C)C)CCCC1. The molecular formula is C16H27N5O. The van der Waals surface area contributed by atoms with Crippen LogP contribution in [0.2, 0.25) is 0 Å². The molecule has 6 heteroatoms. The van der Waals surface area contributed by atoms with Crippen molar-refractivity contribution in [1.82, 2.24) is 25.1 Å². The highest BCUT2D eigenvalue weighted by Gasteiger charge is 2.36. The lowest BCUT2D eigenvalue weighted by Crippen LogP contribution is -2.52. The van der Waals surface area contributed by atoms with Crippen molar-refractivity contribution in [1.29, 1.82) is 0 Å². The van der Waals surface area contributed by atoms with Crippen molar-refractivity contribution in [2.24, 2.45) is 0 Å². The Morgan fingerprint density at radius 3 is 2.59 bits per heavy atom. The summed E-state index contributed by atoms with van der Waals surface area (Å²) < 4.78 is 0. The lowest BCUT2D eigenvalue weighted by Gasteiger charge is -2.37. The number of carbonyl (C=O) groups is 1. The molecule has 1 aromatic rings. The molecule has 0 aromatic carbocycles. The Labute approximate surface area is 132 Å². The molecule has 122 valence electrons. The second-order valence-corrected chi connectivity index (χ2v) is 6.41. The molecule has 1 saturated carbocycles. The second-order valence-electron chi connectivity index (χ2n) is 6.41. The molecule has 0 unspecified atom stereocenters. The number of rotatable bonds is 5. The van der Waals surface area contributed by atoms with Gasteiger partial charge in [-0.1, -0.05) is 12.8 Å². The Kier molecular flexibility index (Phi) is 5.34. The molecule has 1 fully saturated rings. The average molecular weight is 305 g/mol. The molecule has 0 radical (unpaired) electrons. The molecule has 1 N–H and O–H groups in total. The summed E-state index contributed by atoms with van der Waals surface area (Å²) in [7, 11) is 6.01. The van der Waals surface area contributed by atoms with Crippen LogP contribution in [0.25, 0.3) is 0 Å². The standard InChI is InChI=1S/C16H27N5O/c1-13(14-7-10-17-12-19-14)21(4)15(22)18-11-16(20(2)3)8-5-6-9-16/h7,10,12-13H,5-6,8-9,11H2,1-4H3,(H,18,22)/t13-/m1/s1. The Morgan fingerprint density at radius 2 is 2.05 bits per heavy atom. The van der Waals surface area contributed by atoms with Crippen LogP contribution in [0.5, 0.6) is 0 Å². The number of amides is 2. The second kappa shape index (κ2) is 7.05. The highest BCUT2D eigenvalue weighted by atomic mass is 16.2. The van der Waals surface area contributed by atoms with E-state index in [1.54, 1.807) is 18.1 Å². The summed E-state index contributed by atoms with van der Waals surface area (Å²) in [4.78, 5) is 24.5. The molecule has 22 heavy (non-hydrogen) atoms. The summed E-state index contributed by atoms with van der Waals surface area (Å²) in [5, 5.41) is 3.10. The summed E-state index contributed by atoms with van der Waals surface area (Å²) in [6.45, 7) is 2.67. The van der Waals surface area contributed by atoms with Crippen LogP contribution in [0.3, 0.4) is 0 Å². The van der Waals surface area contributed by atoms with E-state index in [9.17, 15) is 4.79 Å². The summed E-state index contributed by atoms with van der Waals surface area (Å²) in [5.41, 5.74) is 0.949. The molecule has 0 saturated heterocycles. The first kappa shape index (κ1) is 16.7. The van der Waals surface area contributed by atoms with E-state index in [1.165, 1.54) is 19.2 Å². The highest BCUT2D eigenvalue weighted by molar-refractivity contribution is 5.74. The van der Waals surface area contributed by atoms with Crippen molar-refractivity contribution in [3.63, 3.8) is 0 Å². The van der Waals surface area contributed by atoms with Gasteiger partial charge in [0.15, 0.2) is 0 Å². The van der Waals surface area contributed by atoms with Crippen LogP contribution in [-0.4, -0.2) is 59.0 Å². The van der Waals surface area contributed by atoms with Crippen LogP contribution in [0, 0.1) is 0 Å². The fraction of sp³-hybridized carbons (Fsp3) is 0.688. The van der Waals surface area contributed by atoms with Crippen LogP contribution in [0.4, 0.5) is 4.79 Å². The van der Waals surface area contributed by atoms with E-state index in [2.05, 4.69) is 34.3 Å². The maximum atomic E-state index is 12.4. The van der Waals surface area contributed by atoms with E-state index in [-0.39, 0.29) is 17.6 Å². The molecule has 0 aliphatic heterocycles. The predicted octanol–water partition coefficient (Wildman–Crippen LogP) is 2.05. The van der Waals surface area contributed by atoms with Crippen molar-refractivity contribution in [3.8, 4) is 0 Å². The Morgan fingerprint density at radius 1 is 1.36 bits per heavy atom. The van der Waals surface area contributed by atoms with E-state index in [4.69, 9.17) is 0 Å². The molecule has 2 rings (SSSR count). The van der Waals surface area contributed by atoms with Gasteiger partial charge >= 0.3 is 6.03 Å². The van der Waals surface area contributed by atoms with Crippen LogP contribution in [0.15, 0.2) is 18.6 Å². The quantitative estimate of drug-likeness (QED) is 0.904. The molecule has 2 amide bonds. The van der Waals surface area contributed by atoms with Crippen molar-refractivity contribution < 1.29 is 4.79 Å². The number of nitrogens with one attached hydrogen (secondary N) is 1. The first-order valence-electron chi connectivity index (χ1n) is 7.90. The Hall–Kier alpha value is -1.69. The van der Waals surface area contributed by atoms with Crippen molar-refractivity contribution in [2.45, 2.75) is 44.2 Å². The zero-order valence-electron chi connectivity index (χ0n) is 14.0. The van der Waals surface area contributed by atoms with Gasteiger partial charge in [0.2, 0.25) is 0 Å². The number of urea groups is 1. The van der Waals surface area contributed by atoms with Crippen LogP contribution >= 0.6 is 0 Å². The van der Waals surface area contributed by atoms with Crippen LogP contribution in [0.1, 0.15) is 44.3 Å². The molecule has 0 spiro atoms. The summed E-state index contributed by atoms with van der Waals surface area (Å²) in [6.07, 6.45) is 7.97. The Balaban J connectivity index is 1.94. The third kappa shape index (κ3) is 3.55. The fourth-order valence-electron chi connectivity index (χ4n) is 3.10. The van der Waals surface area contributed by atoms with Gasteiger partial charge in [0.25, 0.3) is 0 Å². The zero-order chi connectivity index (χ0) is 16.2. The topological polar surface area (TPSA) is 61.4 Å². The van der Waals surface area contributed by atoms with E-state index in [1.807, 2.05) is 13.0 Å². The molecule has 1 heterocycles. The summed E-state index contributed by atoms with van der Waals surface area (Å²) in [6, 6.07) is 1.70. The maximum absolute atomic E-state index is 12.4. The van der Waals surface area contributed by atoms with Gasteiger partial charge in [-0.05, 0) is 39.9 Å². The third-order valence-electron chi connectivity index (χ3n) is 4.99. The molecular weight excluding hydrogens is 278 g/mol. The summed E-state index contributed by atoms with van der Waals surface area (Å²) in [5.74, 6) is 0. The number of nitrogens with zero attached hydrogens (tertiary/aromatic N) is 4. The molecule has 1 aliphatic carbocycles. The lowest BCUT2D eigenvalue weighted by molar-refractivity contribution is 0.145. The van der Waals surface area contributed by atoms with Gasteiger partial charge in [-0.2, -0.15) is 0 Å². The Bertz CT molecular complexity index is 485. The van der Waals surface area contributed by atoms with Gasteiger partial charge in [0.1, 0.15) is 6.33 Å². The first-order chi connectivity index (χ1) is 10.5. The summed E-state index contributed by atoms with van der Waals surface area (Å²) >= 11 is 0. The molecule has 1 aromatic heterocycles. The first-order valence-corrected chi connectivity index (χ1v) is 7.90. The van der Waals surface area contributed by atoms with Gasteiger partial charge in [-0.3, -0.25) is 0 Å². The minimum absolute atomic E-state index is 0.0563. The number of likely N-dealkylation sites (N-methyl/N-ethyl adjacent to an activating group) is 1. The molecule has 0 bridgehead atoms. The predicted molar refractivity (Wildman–Crippen MR) is 86.5 cm³/mol. The maximum Gasteiger partial charge on any atom is 0.317 e. The van der Waals surface area contributed by atoms with Crippen LogP contribution < -0.4 is 5.32 Å². The van der Waals surface area contributed by atoms with Gasteiger partial charge in [-0.25, -0.2) is 14.8 Å². The minimum Gasteiger partial charge on any atom is -0.336 e. The van der Waals surface area contributed by atoms with Gasteiger partial charge in [0, 0.05) is 25.3 Å². The number of aromatic nitrogens is 2. The van der Waals surface area contributed by atoms with E-state index >= 15 is 0 Å². The van der Waals surface area contributed by atoms with Gasteiger partial charge < -0.3 is 15.1 Å². The molecule has 1 atom stereocenters. The monoisotopic (exact) mass is 305 g/mol. The normalized spacial score (nSPS) is 18.2.